The molecule has 0 spiro atoms. The van der Waals surface area contributed by atoms with E-state index in [1.807, 2.05) is 0 Å². The third-order valence-corrected chi connectivity index (χ3v) is 1.87. The van der Waals surface area contributed by atoms with Gasteiger partial charge in [-0.25, -0.2) is 0 Å². The van der Waals surface area contributed by atoms with Crippen LogP contribution in [0, 0.1) is 0 Å². The van der Waals surface area contributed by atoms with Gasteiger partial charge in [0.2, 0.25) is 0 Å². The van der Waals surface area contributed by atoms with E-state index >= 15 is 0 Å². The van der Waals surface area contributed by atoms with Gasteiger partial charge in [-0.1, -0.05) is 35.9 Å². The van der Waals surface area contributed by atoms with E-state index in [0.29, 0.717) is 4.11 Å². The number of rotatable bonds is 3. The highest BCUT2D eigenvalue weighted by atomic mass is 127. The van der Waals surface area contributed by atoms with Crippen molar-refractivity contribution in [1.29, 1.82) is 0 Å². The fourth-order valence-corrected chi connectivity index (χ4v) is 2.06. The Labute approximate surface area is 77.7 Å². The zero-order valence-electron chi connectivity index (χ0n) is 7.28. The summed E-state index contributed by atoms with van der Waals surface area (Å²) in [6.45, 7) is 8.45. The molecule has 0 bridgehead atoms. The molecule has 2 heteroatoms. The lowest BCUT2D eigenvalue weighted by Crippen LogP contribution is -2.23. The maximum Gasteiger partial charge on any atom is 0.109 e. The molecule has 0 heterocycles. The molecular formula is C8H17IO. The molecule has 0 saturated heterocycles. The Morgan fingerprint density at radius 3 is 2.20 bits per heavy atom. The van der Waals surface area contributed by atoms with E-state index in [0.717, 1.165) is 6.42 Å². The molecule has 1 unspecified atom stereocenters. The van der Waals surface area contributed by atoms with Crippen LogP contribution in [0.15, 0.2) is 0 Å². The van der Waals surface area contributed by atoms with Gasteiger partial charge in [0.05, 0.1) is 5.60 Å². The Balaban J connectivity index is 3.47. The van der Waals surface area contributed by atoms with Crippen molar-refractivity contribution in [2.75, 3.05) is 0 Å². The fourth-order valence-electron chi connectivity index (χ4n) is 0.670. The van der Waals surface area contributed by atoms with Crippen LogP contribution >= 0.6 is 22.6 Å². The summed E-state index contributed by atoms with van der Waals surface area (Å²) in [5.41, 5.74) is 0.0149. The SMILES string of the molecule is CCCC(I)OC(C)(C)C. The van der Waals surface area contributed by atoms with Crippen LogP contribution in [-0.4, -0.2) is 9.71 Å². The maximum absolute atomic E-state index is 5.66. The van der Waals surface area contributed by atoms with Crippen LogP contribution in [0.25, 0.3) is 0 Å². The van der Waals surface area contributed by atoms with Crippen LogP contribution in [-0.2, 0) is 4.74 Å². The summed E-state index contributed by atoms with van der Waals surface area (Å²) in [6, 6.07) is 0. The highest BCUT2D eigenvalue weighted by molar-refractivity contribution is 14.1. The topological polar surface area (TPSA) is 9.23 Å². The van der Waals surface area contributed by atoms with Crippen molar-refractivity contribution in [2.45, 2.75) is 50.2 Å². The Kier molecular flexibility index (Phi) is 4.86. The summed E-state index contributed by atoms with van der Waals surface area (Å²) in [6.07, 6.45) is 2.35. The van der Waals surface area contributed by atoms with Gasteiger partial charge in [0, 0.05) is 0 Å². The summed E-state index contributed by atoms with van der Waals surface area (Å²) >= 11 is 2.34. The molecule has 0 aromatic rings. The number of hydrogen-bond donors (Lipinski definition) is 0. The van der Waals surface area contributed by atoms with Gasteiger partial charge in [0.1, 0.15) is 4.11 Å². The van der Waals surface area contributed by atoms with Gasteiger partial charge in [0.15, 0.2) is 0 Å². The normalized spacial score (nSPS) is 15.3. The van der Waals surface area contributed by atoms with Crippen LogP contribution in [0.4, 0.5) is 0 Å². The molecule has 10 heavy (non-hydrogen) atoms. The second kappa shape index (κ2) is 4.54. The quantitative estimate of drug-likeness (QED) is 0.555. The highest BCUT2D eigenvalue weighted by Crippen LogP contribution is 2.18. The standard InChI is InChI=1S/C8H17IO/c1-5-6-7(9)10-8(2,3)4/h7H,5-6H2,1-4H3. The first-order chi connectivity index (χ1) is 4.45. The average molecular weight is 256 g/mol. The van der Waals surface area contributed by atoms with E-state index in [4.69, 9.17) is 4.74 Å². The van der Waals surface area contributed by atoms with E-state index in [-0.39, 0.29) is 5.60 Å². The minimum atomic E-state index is 0.0149. The predicted molar refractivity (Wildman–Crippen MR) is 53.6 cm³/mol. The molecule has 0 saturated carbocycles. The van der Waals surface area contributed by atoms with Crippen LogP contribution in [0.2, 0.25) is 0 Å². The van der Waals surface area contributed by atoms with Crippen LogP contribution in [0.1, 0.15) is 40.5 Å². The van der Waals surface area contributed by atoms with Crippen LogP contribution in [0.5, 0.6) is 0 Å². The second-order valence-electron chi connectivity index (χ2n) is 3.43. The molecule has 0 N–H and O–H groups in total. The van der Waals surface area contributed by atoms with E-state index in [1.165, 1.54) is 6.42 Å². The molecule has 1 nitrogen and oxygen atoms in total. The molecule has 62 valence electrons. The first kappa shape index (κ1) is 10.7. The van der Waals surface area contributed by atoms with E-state index < -0.39 is 0 Å². The van der Waals surface area contributed by atoms with E-state index in [9.17, 15) is 0 Å². The number of hydrogen-bond acceptors (Lipinski definition) is 1. The maximum atomic E-state index is 5.66. The van der Waals surface area contributed by atoms with E-state index in [1.54, 1.807) is 0 Å². The van der Waals surface area contributed by atoms with Gasteiger partial charge in [0.25, 0.3) is 0 Å². The molecule has 0 aliphatic rings. The zero-order chi connectivity index (χ0) is 8.20. The Bertz CT molecular complexity index is 85.7. The van der Waals surface area contributed by atoms with Crippen molar-refractivity contribution in [2.24, 2.45) is 0 Å². The van der Waals surface area contributed by atoms with Gasteiger partial charge in [-0.15, -0.1) is 0 Å². The second-order valence-corrected chi connectivity index (χ2v) is 4.82. The Hall–Kier alpha value is 0.690. The van der Waals surface area contributed by atoms with E-state index in [2.05, 4.69) is 50.3 Å². The molecule has 0 aromatic carbocycles. The largest absolute Gasteiger partial charge is 0.362 e. The van der Waals surface area contributed by atoms with Crippen LogP contribution < -0.4 is 0 Å². The molecule has 0 amide bonds. The van der Waals surface area contributed by atoms with Gasteiger partial charge < -0.3 is 4.74 Å². The van der Waals surface area contributed by atoms with Gasteiger partial charge in [-0.3, -0.25) is 0 Å². The molecule has 0 aliphatic carbocycles. The lowest BCUT2D eigenvalue weighted by atomic mass is 10.2. The molecule has 0 radical (unpaired) electrons. The van der Waals surface area contributed by atoms with Crippen molar-refractivity contribution < 1.29 is 4.74 Å². The van der Waals surface area contributed by atoms with Crippen molar-refractivity contribution in [3.05, 3.63) is 0 Å². The Morgan fingerprint density at radius 2 is 1.90 bits per heavy atom. The highest BCUT2D eigenvalue weighted by Gasteiger charge is 2.14. The summed E-state index contributed by atoms with van der Waals surface area (Å²) in [5, 5.41) is 0. The first-order valence-corrected chi connectivity index (χ1v) is 5.02. The van der Waals surface area contributed by atoms with Crippen LogP contribution in [0.3, 0.4) is 0 Å². The molecule has 0 aliphatic heterocycles. The minimum absolute atomic E-state index is 0.0149. The molecular weight excluding hydrogens is 239 g/mol. The van der Waals surface area contributed by atoms with Crippen molar-refractivity contribution in [3.63, 3.8) is 0 Å². The first-order valence-electron chi connectivity index (χ1n) is 3.77. The number of ether oxygens (including phenoxy) is 1. The zero-order valence-corrected chi connectivity index (χ0v) is 9.44. The van der Waals surface area contributed by atoms with Gasteiger partial charge >= 0.3 is 0 Å². The summed E-state index contributed by atoms with van der Waals surface area (Å²) in [5.74, 6) is 0. The lowest BCUT2D eigenvalue weighted by molar-refractivity contribution is -0.0141. The summed E-state index contributed by atoms with van der Waals surface area (Å²) in [4.78, 5) is 0. The number of halogens is 1. The summed E-state index contributed by atoms with van der Waals surface area (Å²) in [7, 11) is 0. The minimum Gasteiger partial charge on any atom is -0.362 e. The third kappa shape index (κ3) is 6.81. The molecule has 0 rings (SSSR count). The Morgan fingerprint density at radius 1 is 1.40 bits per heavy atom. The average Bonchev–Trinajstić information content (AvgIpc) is 1.59. The summed E-state index contributed by atoms with van der Waals surface area (Å²) < 4.78 is 6.04. The van der Waals surface area contributed by atoms with Crippen molar-refractivity contribution in [3.8, 4) is 0 Å². The third-order valence-electron chi connectivity index (χ3n) is 0.997. The number of alkyl halides is 1. The van der Waals surface area contributed by atoms with Gasteiger partial charge in [-0.2, -0.15) is 0 Å². The molecule has 0 aromatic heterocycles. The van der Waals surface area contributed by atoms with Crippen molar-refractivity contribution >= 4 is 22.6 Å². The molecule has 1 atom stereocenters. The molecule has 0 fully saturated rings. The predicted octanol–water partition coefficient (Wildman–Crippen LogP) is 3.36. The van der Waals surface area contributed by atoms with Gasteiger partial charge in [-0.05, 0) is 27.2 Å². The monoisotopic (exact) mass is 256 g/mol. The van der Waals surface area contributed by atoms with Crippen molar-refractivity contribution in [1.82, 2.24) is 0 Å². The fraction of sp³-hybridized carbons (Fsp3) is 1.00. The smallest absolute Gasteiger partial charge is 0.109 e. The lowest BCUT2D eigenvalue weighted by Gasteiger charge is -2.23.